The number of esters is 1. The van der Waals surface area contributed by atoms with E-state index >= 15 is 0 Å². The Morgan fingerprint density at radius 1 is 1.09 bits per heavy atom. The first-order valence-electron chi connectivity index (χ1n) is 7.11. The zero-order chi connectivity index (χ0) is 16.3. The standard InChI is InChI=1S/C18H18Cl2O2/c1-4-18(2,3)12-5-8-14(9-6-12)22-17(21)15-10-7-13(19)11-16(15)20/h5-11H,4H2,1-3H3. The molecule has 0 unspecified atom stereocenters. The highest BCUT2D eigenvalue weighted by atomic mass is 35.5. The molecule has 0 saturated heterocycles. The first-order valence-corrected chi connectivity index (χ1v) is 7.87. The average Bonchev–Trinajstić information content (AvgIpc) is 2.47. The van der Waals surface area contributed by atoms with Crippen molar-refractivity contribution in [1.82, 2.24) is 0 Å². The van der Waals surface area contributed by atoms with Gasteiger partial charge in [0, 0.05) is 5.02 Å². The lowest BCUT2D eigenvalue weighted by molar-refractivity contribution is 0.0735. The Bertz CT molecular complexity index is 676. The Morgan fingerprint density at radius 3 is 2.27 bits per heavy atom. The van der Waals surface area contributed by atoms with Gasteiger partial charge >= 0.3 is 5.97 Å². The molecule has 2 aromatic rings. The maximum absolute atomic E-state index is 12.1. The molecule has 0 fully saturated rings. The van der Waals surface area contributed by atoms with E-state index in [0.717, 1.165) is 6.42 Å². The summed E-state index contributed by atoms with van der Waals surface area (Å²) in [7, 11) is 0. The van der Waals surface area contributed by atoms with Crippen molar-refractivity contribution in [2.45, 2.75) is 32.6 Å². The van der Waals surface area contributed by atoms with Crippen LogP contribution in [-0.4, -0.2) is 5.97 Å². The Balaban J connectivity index is 2.15. The molecule has 0 radical (unpaired) electrons. The van der Waals surface area contributed by atoms with Crippen LogP contribution in [0.5, 0.6) is 5.75 Å². The third-order valence-electron chi connectivity index (χ3n) is 3.88. The van der Waals surface area contributed by atoms with Gasteiger partial charge < -0.3 is 4.74 Å². The van der Waals surface area contributed by atoms with E-state index in [0.29, 0.717) is 16.3 Å². The maximum atomic E-state index is 12.1. The lowest BCUT2D eigenvalue weighted by atomic mass is 9.82. The van der Waals surface area contributed by atoms with Crippen LogP contribution in [0.25, 0.3) is 0 Å². The van der Waals surface area contributed by atoms with Gasteiger partial charge in [0.1, 0.15) is 5.75 Å². The average molecular weight is 337 g/mol. The molecule has 4 heteroatoms. The molecule has 2 rings (SSSR count). The van der Waals surface area contributed by atoms with Crippen LogP contribution in [0.15, 0.2) is 42.5 Å². The summed E-state index contributed by atoms with van der Waals surface area (Å²) in [5, 5.41) is 0.758. The lowest BCUT2D eigenvalue weighted by Crippen LogP contribution is -2.15. The number of hydrogen-bond acceptors (Lipinski definition) is 2. The fourth-order valence-electron chi connectivity index (χ4n) is 2.00. The quantitative estimate of drug-likeness (QED) is 0.513. The van der Waals surface area contributed by atoms with E-state index in [2.05, 4.69) is 20.8 Å². The van der Waals surface area contributed by atoms with Gasteiger partial charge in [0.05, 0.1) is 10.6 Å². The number of hydrogen-bond donors (Lipinski definition) is 0. The van der Waals surface area contributed by atoms with Gasteiger partial charge in [-0.15, -0.1) is 0 Å². The molecular formula is C18H18Cl2O2. The van der Waals surface area contributed by atoms with Gasteiger partial charge in [0.15, 0.2) is 0 Å². The van der Waals surface area contributed by atoms with E-state index in [1.54, 1.807) is 24.3 Å². The van der Waals surface area contributed by atoms with Crippen LogP contribution in [0.4, 0.5) is 0 Å². The van der Waals surface area contributed by atoms with Gasteiger partial charge in [-0.2, -0.15) is 0 Å². The van der Waals surface area contributed by atoms with Crippen molar-refractivity contribution in [3.05, 3.63) is 63.6 Å². The molecule has 0 N–H and O–H groups in total. The lowest BCUT2D eigenvalue weighted by Gasteiger charge is -2.23. The summed E-state index contributed by atoms with van der Waals surface area (Å²) in [6, 6.07) is 12.2. The number of benzene rings is 2. The monoisotopic (exact) mass is 336 g/mol. The molecule has 0 saturated carbocycles. The summed E-state index contributed by atoms with van der Waals surface area (Å²) >= 11 is 11.8. The fourth-order valence-corrected chi connectivity index (χ4v) is 2.48. The van der Waals surface area contributed by atoms with Crippen molar-refractivity contribution in [3.63, 3.8) is 0 Å². The molecule has 2 nitrogen and oxygen atoms in total. The predicted octanol–water partition coefficient (Wildman–Crippen LogP) is 5.90. The highest BCUT2D eigenvalue weighted by Gasteiger charge is 2.18. The number of carbonyl (C=O) groups excluding carboxylic acids is 1. The minimum absolute atomic E-state index is 0.0992. The number of rotatable bonds is 4. The molecule has 0 spiro atoms. The molecule has 0 heterocycles. The molecule has 0 atom stereocenters. The summed E-state index contributed by atoms with van der Waals surface area (Å²) < 4.78 is 5.36. The normalized spacial score (nSPS) is 11.3. The summed E-state index contributed by atoms with van der Waals surface area (Å²) in [6.45, 7) is 6.51. The van der Waals surface area contributed by atoms with Crippen LogP contribution in [0.2, 0.25) is 10.0 Å². The molecule has 2 aromatic carbocycles. The van der Waals surface area contributed by atoms with Gasteiger partial charge in [0.2, 0.25) is 0 Å². The molecule has 22 heavy (non-hydrogen) atoms. The van der Waals surface area contributed by atoms with Gasteiger partial charge in [0.25, 0.3) is 0 Å². The highest BCUT2D eigenvalue weighted by Crippen LogP contribution is 2.28. The minimum atomic E-state index is -0.496. The number of halogens is 2. The molecule has 0 bridgehead atoms. The van der Waals surface area contributed by atoms with Crippen LogP contribution in [0.1, 0.15) is 43.1 Å². The SMILES string of the molecule is CCC(C)(C)c1ccc(OC(=O)c2ccc(Cl)cc2Cl)cc1. The largest absolute Gasteiger partial charge is 0.423 e. The fraction of sp³-hybridized carbons (Fsp3) is 0.278. The van der Waals surface area contributed by atoms with Crippen LogP contribution in [0.3, 0.4) is 0 Å². The topological polar surface area (TPSA) is 26.3 Å². The second-order valence-corrected chi connectivity index (χ2v) is 6.62. The predicted molar refractivity (Wildman–Crippen MR) is 91.2 cm³/mol. The van der Waals surface area contributed by atoms with Crippen LogP contribution in [-0.2, 0) is 5.41 Å². The van der Waals surface area contributed by atoms with Crippen molar-refractivity contribution in [3.8, 4) is 5.75 Å². The zero-order valence-corrected chi connectivity index (χ0v) is 14.3. The van der Waals surface area contributed by atoms with Gasteiger partial charge in [-0.3, -0.25) is 0 Å². The minimum Gasteiger partial charge on any atom is -0.423 e. The summed E-state index contributed by atoms with van der Waals surface area (Å²) in [4.78, 5) is 12.1. The van der Waals surface area contributed by atoms with Crippen molar-refractivity contribution in [1.29, 1.82) is 0 Å². The van der Waals surface area contributed by atoms with Crippen LogP contribution < -0.4 is 4.74 Å². The molecule has 0 amide bonds. The molecule has 0 aliphatic heterocycles. The van der Waals surface area contributed by atoms with Crippen LogP contribution >= 0.6 is 23.2 Å². The number of ether oxygens (including phenoxy) is 1. The first kappa shape index (κ1) is 16.9. The Labute approximate surface area is 141 Å². The Morgan fingerprint density at radius 2 is 1.73 bits per heavy atom. The van der Waals surface area contributed by atoms with E-state index in [1.165, 1.54) is 11.6 Å². The second kappa shape index (κ2) is 6.72. The summed E-state index contributed by atoms with van der Waals surface area (Å²) in [6.07, 6.45) is 1.03. The van der Waals surface area contributed by atoms with Crippen molar-refractivity contribution in [2.24, 2.45) is 0 Å². The Kier molecular flexibility index (Phi) is 5.15. The van der Waals surface area contributed by atoms with E-state index in [-0.39, 0.29) is 10.4 Å². The summed E-state index contributed by atoms with van der Waals surface area (Å²) in [5.74, 6) is -0.00385. The van der Waals surface area contributed by atoms with Gasteiger partial charge in [-0.25, -0.2) is 4.79 Å². The third-order valence-corrected chi connectivity index (χ3v) is 4.43. The summed E-state index contributed by atoms with van der Waals surface area (Å²) in [5.41, 5.74) is 1.60. The Hall–Kier alpha value is -1.51. The molecule has 0 aromatic heterocycles. The van der Waals surface area contributed by atoms with Gasteiger partial charge in [-0.05, 0) is 47.7 Å². The maximum Gasteiger partial charge on any atom is 0.345 e. The number of carbonyl (C=O) groups is 1. The van der Waals surface area contributed by atoms with E-state index in [9.17, 15) is 4.79 Å². The van der Waals surface area contributed by atoms with E-state index < -0.39 is 5.97 Å². The van der Waals surface area contributed by atoms with Gasteiger partial charge in [-0.1, -0.05) is 56.1 Å². The smallest absolute Gasteiger partial charge is 0.345 e. The van der Waals surface area contributed by atoms with Crippen LogP contribution in [0, 0.1) is 0 Å². The molecule has 0 aliphatic carbocycles. The molecule has 0 aliphatic rings. The van der Waals surface area contributed by atoms with Crippen molar-refractivity contribution >= 4 is 29.2 Å². The molecular weight excluding hydrogens is 319 g/mol. The highest BCUT2D eigenvalue weighted by molar-refractivity contribution is 6.36. The second-order valence-electron chi connectivity index (χ2n) is 5.78. The van der Waals surface area contributed by atoms with E-state index in [1.807, 2.05) is 12.1 Å². The van der Waals surface area contributed by atoms with Crippen molar-refractivity contribution < 1.29 is 9.53 Å². The first-order chi connectivity index (χ1) is 10.3. The molecule has 116 valence electrons. The van der Waals surface area contributed by atoms with E-state index in [4.69, 9.17) is 27.9 Å². The zero-order valence-electron chi connectivity index (χ0n) is 12.8. The third kappa shape index (κ3) is 3.82. The van der Waals surface area contributed by atoms with Crippen molar-refractivity contribution in [2.75, 3.05) is 0 Å².